The van der Waals surface area contributed by atoms with Crippen molar-refractivity contribution in [2.24, 2.45) is 35.0 Å². The SMILES string of the molecule is CCCC(C)CC1C2CCC3CC(C)CC321. The lowest BCUT2D eigenvalue weighted by Crippen LogP contribution is -2.10. The van der Waals surface area contributed by atoms with Crippen molar-refractivity contribution in [3.05, 3.63) is 0 Å². The van der Waals surface area contributed by atoms with Crippen molar-refractivity contribution in [3.8, 4) is 0 Å². The smallest absolute Gasteiger partial charge is 0.0204 e. The average molecular weight is 220 g/mol. The molecule has 0 aromatic rings. The van der Waals surface area contributed by atoms with Crippen LogP contribution in [0.4, 0.5) is 0 Å². The summed E-state index contributed by atoms with van der Waals surface area (Å²) >= 11 is 0. The third-order valence-corrected chi connectivity index (χ3v) is 6.17. The number of hydrogen-bond acceptors (Lipinski definition) is 0. The van der Waals surface area contributed by atoms with Crippen molar-refractivity contribution in [3.63, 3.8) is 0 Å². The topological polar surface area (TPSA) is 0 Å². The molecule has 92 valence electrons. The maximum Gasteiger partial charge on any atom is -0.0204 e. The lowest BCUT2D eigenvalue weighted by molar-refractivity contribution is 0.308. The predicted molar refractivity (Wildman–Crippen MR) is 69.2 cm³/mol. The second-order valence-electron chi connectivity index (χ2n) is 7.27. The Kier molecular flexibility index (Phi) is 2.60. The zero-order valence-electron chi connectivity index (χ0n) is 11.3. The quantitative estimate of drug-likeness (QED) is 0.633. The number of rotatable bonds is 4. The molecule has 3 aliphatic rings. The molecular formula is C16H28. The summed E-state index contributed by atoms with van der Waals surface area (Å²) in [6.45, 7) is 7.32. The Bertz CT molecular complexity index is 269. The lowest BCUT2D eigenvalue weighted by atomic mass is 9.86. The highest BCUT2D eigenvalue weighted by molar-refractivity contribution is 5.20. The second kappa shape index (κ2) is 3.75. The molecule has 0 radical (unpaired) electrons. The van der Waals surface area contributed by atoms with Crippen molar-refractivity contribution in [1.82, 2.24) is 0 Å². The Hall–Kier alpha value is 0. The second-order valence-corrected chi connectivity index (χ2v) is 7.27. The highest BCUT2D eigenvalue weighted by atomic mass is 14.8. The van der Waals surface area contributed by atoms with Crippen LogP contribution in [0.5, 0.6) is 0 Å². The van der Waals surface area contributed by atoms with Gasteiger partial charge in [0.2, 0.25) is 0 Å². The van der Waals surface area contributed by atoms with Crippen LogP contribution >= 0.6 is 0 Å². The van der Waals surface area contributed by atoms with E-state index in [1.807, 2.05) is 0 Å². The third kappa shape index (κ3) is 1.41. The molecule has 3 saturated carbocycles. The van der Waals surface area contributed by atoms with Crippen LogP contribution in [0, 0.1) is 35.0 Å². The molecule has 0 heteroatoms. The average Bonchev–Trinajstić information content (AvgIpc) is 2.55. The van der Waals surface area contributed by atoms with Gasteiger partial charge in [-0.15, -0.1) is 0 Å². The fourth-order valence-electron chi connectivity index (χ4n) is 5.76. The first-order valence-electron chi connectivity index (χ1n) is 7.68. The van der Waals surface area contributed by atoms with Crippen LogP contribution in [-0.2, 0) is 0 Å². The summed E-state index contributed by atoms with van der Waals surface area (Å²) in [5, 5.41) is 0. The molecule has 6 unspecified atom stereocenters. The largest absolute Gasteiger partial charge is 0.0654 e. The van der Waals surface area contributed by atoms with Gasteiger partial charge in [-0.2, -0.15) is 0 Å². The number of hydrogen-bond donors (Lipinski definition) is 0. The van der Waals surface area contributed by atoms with Gasteiger partial charge >= 0.3 is 0 Å². The van der Waals surface area contributed by atoms with Crippen LogP contribution in [0.1, 0.15) is 65.7 Å². The molecule has 0 aromatic carbocycles. The Morgan fingerprint density at radius 2 is 2.12 bits per heavy atom. The molecule has 0 aromatic heterocycles. The van der Waals surface area contributed by atoms with Gasteiger partial charge in [0.25, 0.3) is 0 Å². The molecule has 6 atom stereocenters. The maximum atomic E-state index is 2.50. The molecule has 0 heterocycles. The minimum Gasteiger partial charge on any atom is -0.0654 e. The van der Waals surface area contributed by atoms with Crippen molar-refractivity contribution in [1.29, 1.82) is 0 Å². The lowest BCUT2D eigenvalue weighted by Gasteiger charge is -2.19. The summed E-state index contributed by atoms with van der Waals surface area (Å²) in [6.07, 6.45) is 10.7. The van der Waals surface area contributed by atoms with Crippen molar-refractivity contribution in [2.75, 3.05) is 0 Å². The first-order chi connectivity index (χ1) is 7.68. The van der Waals surface area contributed by atoms with Crippen molar-refractivity contribution < 1.29 is 0 Å². The third-order valence-electron chi connectivity index (χ3n) is 6.17. The Balaban J connectivity index is 1.64. The molecule has 0 aliphatic heterocycles. The van der Waals surface area contributed by atoms with Crippen LogP contribution < -0.4 is 0 Å². The Morgan fingerprint density at radius 1 is 1.31 bits per heavy atom. The van der Waals surface area contributed by atoms with Gasteiger partial charge in [0.05, 0.1) is 0 Å². The molecule has 0 bridgehead atoms. The summed E-state index contributed by atoms with van der Waals surface area (Å²) in [5.41, 5.74) is 0.890. The van der Waals surface area contributed by atoms with E-state index in [9.17, 15) is 0 Å². The van der Waals surface area contributed by atoms with Crippen molar-refractivity contribution >= 4 is 0 Å². The van der Waals surface area contributed by atoms with Crippen LogP contribution in [0.15, 0.2) is 0 Å². The monoisotopic (exact) mass is 220 g/mol. The van der Waals surface area contributed by atoms with Crippen LogP contribution in [-0.4, -0.2) is 0 Å². The zero-order chi connectivity index (χ0) is 11.3. The first-order valence-corrected chi connectivity index (χ1v) is 7.68. The van der Waals surface area contributed by atoms with Crippen molar-refractivity contribution in [2.45, 2.75) is 65.7 Å². The fraction of sp³-hybridized carbons (Fsp3) is 1.00. The van der Waals surface area contributed by atoms with Gasteiger partial charge in [-0.3, -0.25) is 0 Å². The molecule has 0 amide bonds. The Morgan fingerprint density at radius 3 is 2.88 bits per heavy atom. The zero-order valence-corrected chi connectivity index (χ0v) is 11.3. The van der Waals surface area contributed by atoms with Gasteiger partial charge < -0.3 is 0 Å². The van der Waals surface area contributed by atoms with Gasteiger partial charge in [-0.05, 0) is 67.1 Å². The summed E-state index contributed by atoms with van der Waals surface area (Å²) < 4.78 is 0. The first kappa shape index (κ1) is 11.1. The summed E-state index contributed by atoms with van der Waals surface area (Å²) in [5.74, 6) is 5.50. The van der Waals surface area contributed by atoms with Gasteiger partial charge in [0.15, 0.2) is 0 Å². The Labute approximate surface area is 101 Å². The van der Waals surface area contributed by atoms with E-state index in [0.29, 0.717) is 0 Å². The van der Waals surface area contributed by atoms with Gasteiger partial charge in [0.1, 0.15) is 0 Å². The van der Waals surface area contributed by atoms with E-state index in [0.717, 1.165) is 29.1 Å². The molecular weight excluding hydrogens is 192 g/mol. The van der Waals surface area contributed by atoms with Gasteiger partial charge in [-0.25, -0.2) is 0 Å². The fourth-order valence-corrected chi connectivity index (χ4v) is 5.76. The maximum absolute atomic E-state index is 2.50. The molecule has 16 heavy (non-hydrogen) atoms. The molecule has 3 fully saturated rings. The molecule has 3 rings (SSSR count). The highest BCUT2D eigenvalue weighted by Gasteiger charge is 2.72. The van der Waals surface area contributed by atoms with Gasteiger partial charge in [0, 0.05) is 0 Å². The van der Waals surface area contributed by atoms with E-state index in [-0.39, 0.29) is 0 Å². The normalized spacial score (nSPS) is 51.2. The molecule has 0 nitrogen and oxygen atoms in total. The van der Waals surface area contributed by atoms with E-state index >= 15 is 0 Å². The predicted octanol–water partition coefficient (Wildman–Crippen LogP) is 4.89. The van der Waals surface area contributed by atoms with E-state index in [1.165, 1.54) is 18.8 Å². The minimum atomic E-state index is 0.890. The minimum absolute atomic E-state index is 0.890. The van der Waals surface area contributed by atoms with E-state index in [4.69, 9.17) is 0 Å². The van der Waals surface area contributed by atoms with Gasteiger partial charge in [-0.1, -0.05) is 33.6 Å². The summed E-state index contributed by atoms with van der Waals surface area (Å²) in [6, 6.07) is 0. The highest BCUT2D eigenvalue weighted by Crippen LogP contribution is 2.79. The van der Waals surface area contributed by atoms with E-state index in [1.54, 1.807) is 32.1 Å². The summed E-state index contributed by atoms with van der Waals surface area (Å²) in [7, 11) is 0. The molecule has 0 N–H and O–H groups in total. The van der Waals surface area contributed by atoms with Crippen LogP contribution in [0.25, 0.3) is 0 Å². The van der Waals surface area contributed by atoms with E-state index < -0.39 is 0 Å². The molecule has 0 saturated heterocycles. The molecule has 3 aliphatic carbocycles. The molecule has 1 spiro atoms. The van der Waals surface area contributed by atoms with E-state index in [2.05, 4.69) is 20.8 Å². The van der Waals surface area contributed by atoms with Crippen LogP contribution in [0.2, 0.25) is 0 Å². The summed E-state index contributed by atoms with van der Waals surface area (Å²) in [4.78, 5) is 0. The van der Waals surface area contributed by atoms with Crippen LogP contribution in [0.3, 0.4) is 0 Å². The standard InChI is InChI=1S/C16H28/c1-4-5-11(2)9-15-14-7-6-13-8-12(3)10-16(13,14)15/h11-15H,4-10H2,1-3H3.